The van der Waals surface area contributed by atoms with E-state index in [1.165, 1.54) is 17.6 Å². The lowest BCUT2D eigenvalue weighted by molar-refractivity contribution is 0.102. The molecule has 0 fully saturated rings. The number of aromatic nitrogens is 1. The maximum atomic E-state index is 11.8. The number of anilines is 1. The highest BCUT2D eigenvalue weighted by Gasteiger charge is 2.12. The fourth-order valence-corrected chi connectivity index (χ4v) is 2.09. The zero-order valence-electron chi connectivity index (χ0n) is 9.56. The van der Waals surface area contributed by atoms with E-state index in [9.17, 15) is 4.79 Å². The van der Waals surface area contributed by atoms with E-state index in [-0.39, 0.29) is 11.9 Å². The lowest BCUT2D eigenvalue weighted by atomic mass is 10.3. The Morgan fingerprint density at radius 2 is 2.41 bits per heavy atom. The van der Waals surface area contributed by atoms with Gasteiger partial charge in [-0.3, -0.25) is 10.1 Å². The lowest BCUT2D eigenvalue weighted by Gasteiger charge is -1.99. The summed E-state index contributed by atoms with van der Waals surface area (Å²) in [5, 5.41) is 5.08. The van der Waals surface area contributed by atoms with Gasteiger partial charge in [0.25, 0.3) is 5.91 Å². The van der Waals surface area contributed by atoms with Gasteiger partial charge < -0.3 is 10.2 Å². The molecule has 1 atom stereocenters. The van der Waals surface area contributed by atoms with E-state index >= 15 is 0 Å². The zero-order valence-corrected chi connectivity index (χ0v) is 10.4. The van der Waals surface area contributed by atoms with Crippen LogP contribution < -0.4 is 11.1 Å². The molecule has 2 aromatic rings. The minimum atomic E-state index is -0.229. The molecule has 3 N–H and O–H groups in total. The summed E-state index contributed by atoms with van der Waals surface area (Å²) in [7, 11) is 0. The molecule has 0 aliphatic rings. The minimum absolute atomic E-state index is 0.131. The summed E-state index contributed by atoms with van der Waals surface area (Å²) in [6.07, 6.45) is 1.42. The average molecular weight is 251 g/mol. The Hall–Kier alpha value is -1.66. The van der Waals surface area contributed by atoms with Crippen LogP contribution in [0.15, 0.2) is 22.1 Å². The third kappa shape index (κ3) is 2.72. The number of nitrogens with zero attached hydrogens (tertiary/aromatic N) is 1. The van der Waals surface area contributed by atoms with Crippen molar-refractivity contribution in [2.45, 2.75) is 19.9 Å². The van der Waals surface area contributed by atoms with E-state index in [0.717, 1.165) is 5.69 Å². The second-order valence-electron chi connectivity index (χ2n) is 3.77. The number of hydrogen-bond donors (Lipinski definition) is 2. The summed E-state index contributed by atoms with van der Waals surface area (Å²) in [6, 6.07) is 1.54. The second kappa shape index (κ2) is 4.68. The number of thiazole rings is 1. The van der Waals surface area contributed by atoms with E-state index in [2.05, 4.69) is 10.3 Å². The molecule has 0 aliphatic heterocycles. The summed E-state index contributed by atoms with van der Waals surface area (Å²) in [4.78, 5) is 16.0. The number of nitrogens with one attached hydrogen (secondary N) is 1. The standard InChI is InChI=1S/C11H13N3O2S/c1-6-3-8(4-16-6)10(15)14-11-13-9(5-17-11)7(2)12/h3-5,7H,12H2,1-2H3,(H,13,14,15). The maximum Gasteiger partial charge on any atom is 0.260 e. The first kappa shape index (κ1) is 11.8. The molecule has 5 nitrogen and oxygen atoms in total. The predicted octanol–water partition coefficient (Wildman–Crippen LogP) is 2.32. The smallest absolute Gasteiger partial charge is 0.260 e. The molecule has 1 unspecified atom stereocenters. The Morgan fingerprint density at radius 1 is 1.65 bits per heavy atom. The molecular weight excluding hydrogens is 238 g/mol. The van der Waals surface area contributed by atoms with Crippen LogP contribution >= 0.6 is 11.3 Å². The van der Waals surface area contributed by atoms with Crippen molar-refractivity contribution in [1.29, 1.82) is 0 Å². The van der Waals surface area contributed by atoms with Gasteiger partial charge in [0.1, 0.15) is 12.0 Å². The Balaban J connectivity index is 2.07. The molecule has 0 aromatic carbocycles. The van der Waals surface area contributed by atoms with Crippen LogP contribution in [0.1, 0.15) is 34.8 Å². The summed E-state index contributed by atoms with van der Waals surface area (Å²) >= 11 is 1.35. The van der Waals surface area contributed by atoms with Crippen molar-refractivity contribution in [3.8, 4) is 0 Å². The first-order chi connectivity index (χ1) is 8.06. The number of aryl methyl sites for hydroxylation is 1. The molecule has 6 heteroatoms. The van der Waals surface area contributed by atoms with E-state index in [4.69, 9.17) is 10.2 Å². The molecule has 0 saturated heterocycles. The largest absolute Gasteiger partial charge is 0.469 e. The molecule has 0 bridgehead atoms. The van der Waals surface area contributed by atoms with E-state index in [0.29, 0.717) is 16.5 Å². The molecule has 90 valence electrons. The summed E-state index contributed by atoms with van der Waals surface area (Å²) in [5.41, 5.74) is 6.95. The number of rotatable bonds is 3. The molecule has 0 saturated carbocycles. The van der Waals surface area contributed by atoms with Crippen LogP contribution in [0.2, 0.25) is 0 Å². The first-order valence-electron chi connectivity index (χ1n) is 5.14. The van der Waals surface area contributed by atoms with Crippen molar-refractivity contribution >= 4 is 22.4 Å². The zero-order chi connectivity index (χ0) is 12.4. The quantitative estimate of drug-likeness (QED) is 0.877. The maximum absolute atomic E-state index is 11.8. The molecule has 17 heavy (non-hydrogen) atoms. The number of carbonyl (C=O) groups is 1. The van der Waals surface area contributed by atoms with Crippen LogP contribution in [0.5, 0.6) is 0 Å². The highest BCUT2D eigenvalue weighted by Crippen LogP contribution is 2.20. The molecular formula is C11H13N3O2S. The SMILES string of the molecule is Cc1cc(C(=O)Nc2nc(C(C)N)cs2)co1. The van der Waals surface area contributed by atoms with Gasteiger partial charge in [-0.15, -0.1) is 11.3 Å². The van der Waals surface area contributed by atoms with E-state index in [1.807, 2.05) is 12.3 Å². The second-order valence-corrected chi connectivity index (χ2v) is 4.62. The first-order valence-corrected chi connectivity index (χ1v) is 6.01. The van der Waals surface area contributed by atoms with Crippen LogP contribution in [0, 0.1) is 6.92 Å². The third-order valence-corrected chi connectivity index (χ3v) is 2.98. The van der Waals surface area contributed by atoms with Gasteiger partial charge in [-0.2, -0.15) is 0 Å². The van der Waals surface area contributed by atoms with Crippen molar-refractivity contribution in [1.82, 2.24) is 4.98 Å². The molecule has 1 amide bonds. The normalized spacial score (nSPS) is 12.4. The number of furan rings is 1. The fraction of sp³-hybridized carbons (Fsp3) is 0.273. The van der Waals surface area contributed by atoms with Crippen molar-refractivity contribution in [2.75, 3.05) is 5.32 Å². The lowest BCUT2D eigenvalue weighted by Crippen LogP contribution is -2.11. The highest BCUT2D eigenvalue weighted by atomic mass is 32.1. The van der Waals surface area contributed by atoms with E-state index in [1.54, 1.807) is 13.0 Å². The summed E-state index contributed by atoms with van der Waals surface area (Å²) in [5.74, 6) is 0.470. The summed E-state index contributed by atoms with van der Waals surface area (Å²) in [6.45, 7) is 3.63. The highest BCUT2D eigenvalue weighted by molar-refractivity contribution is 7.14. The van der Waals surface area contributed by atoms with Crippen LogP contribution in [0.25, 0.3) is 0 Å². The monoisotopic (exact) mass is 251 g/mol. The fourth-order valence-electron chi connectivity index (χ4n) is 1.28. The van der Waals surface area contributed by atoms with Crippen LogP contribution in [-0.2, 0) is 0 Å². The molecule has 2 heterocycles. The van der Waals surface area contributed by atoms with Crippen molar-refractivity contribution < 1.29 is 9.21 Å². The van der Waals surface area contributed by atoms with Gasteiger partial charge in [0.15, 0.2) is 5.13 Å². The van der Waals surface area contributed by atoms with Gasteiger partial charge in [0.2, 0.25) is 0 Å². The molecule has 2 aromatic heterocycles. The predicted molar refractivity (Wildman–Crippen MR) is 66.1 cm³/mol. The number of carbonyl (C=O) groups excluding carboxylic acids is 1. The van der Waals surface area contributed by atoms with Gasteiger partial charge >= 0.3 is 0 Å². The van der Waals surface area contributed by atoms with Gasteiger partial charge in [0, 0.05) is 11.4 Å². The topological polar surface area (TPSA) is 81.2 Å². The van der Waals surface area contributed by atoms with Gasteiger partial charge in [-0.25, -0.2) is 4.98 Å². The number of nitrogens with two attached hydrogens (primary N) is 1. The Kier molecular flexibility index (Phi) is 3.26. The number of amides is 1. The van der Waals surface area contributed by atoms with Crippen molar-refractivity contribution in [3.63, 3.8) is 0 Å². The third-order valence-electron chi connectivity index (χ3n) is 2.20. The summed E-state index contributed by atoms with van der Waals surface area (Å²) < 4.78 is 5.07. The minimum Gasteiger partial charge on any atom is -0.469 e. The van der Waals surface area contributed by atoms with E-state index < -0.39 is 0 Å². The van der Waals surface area contributed by atoms with Crippen molar-refractivity contribution in [2.24, 2.45) is 5.73 Å². The molecule has 2 rings (SSSR count). The van der Waals surface area contributed by atoms with Gasteiger partial charge in [-0.05, 0) is 19.9 Å². The van der Waals surface area contributed by atoms with Gasteiger partial charge in [0.05, 0.1) is 11.3 Å². The van der Waals surface area contributed by atoms with Crippen LogP contribution in [0.4, 0.5) is 5.13 Å². The Morgan fingerprint density at radius 3 is 2.94 bits per heavy atom. The molecule has 0 radical (unpaired) electrons. The molecule has 0 spiro atoms. The van der Waals surface area contributed by atoms with Crippen LogP contribution in [0.3, 0.4) is 0 Å². The Bertz CT molecular complexity index is 530. The Labute approximate surface area is 103 Å². The number of hydrogen-bond acceptors (Lipinski definition) is 5. The average Bonchev–Trinajstić information content (AvgIpc) is 2.86. The van der Waals surface area contributed by atoms with Crippen molar-refractivity contribution in [3.05, 3.63) is 34.7 Å². The van der Waals surface area contributed by atoms with Crippen LogP contribution in [-0.4, -0.2) is 10.9 Å². The molecule has 0 aliphatic carbocycles. The van der Waals surface area contributed by atoms with Gasteiger partial charge in [-0.1, -0.05) is 0 Å².